The van der Waals surface area contributed by atoms with Crippen molar-refractivity contribution in [2.24, 2.45) is 5.73 Å². The molecule has 0 aliphatic carbocycles. The fourth-order valence-corrected chi connectivity index (χ4v) is 3.29. The lowest BCUT2D eigenvalue weighted by atomic mass is 9.91. The van der Waals surface area contributed by atoms with Gasteiger partial charge >= 0.3 is 0 Å². The Labute approximate surface area is 140 Å². The van der Waals surface area contributed by atoms with E-state index in [-0.39, 0.29) is 11.4 Å². The molecule has 1 amide bonds. The Hall–Kier alpha value is -1.92. The molecular formula is C17H21N3O2S. The first kappa shape index (κ1) is 16.0. The maximum atomic E-state index is 12.5. The van der Waals surface area contributed by atoms with Crippen LogP contribution in [0.4, 0.5) is 5.69 Å². The van der Waals surface area contributed by atoms with Crippen LogP contribution in [-0.4, -0.2) is 29.4 Å². The van der Waals surface area contributed by atoms with Crippen LogP contribution in [0.5, 0.6) is 0 Å². The van der Waals surface area contributed by atoms with E-state index in [1.54, 1.807) is 6.07 Å². The third kappa shape index (κ3) is 3.89. The number of amides is 1. The van der Waals surface area contributed by atoms with Crippen molar-refractivity contribution in [3.05, 3.63) is 42.2 Å². The topological polar surface area (TPSA) is 85.5 Å². The first-order valence-electron chi connectivity index (χ1n) is 7.64. The van der Waals surface area contributed by atoms with E-state index in [4.69, 9.17) is 15.9 Å². The van der Waals surface area contributed by atoms with E-state index < -0.39 is 0 Å². The summed E-state index contributed by atoms with van der Waals surface area (Å²) in [5.41, 5.74) is 12.3. The standard InChI is InChI=1S/C17H21N3O2S/c1-17(19)8-10-20(11-9-17)16(21)14-6-7-15(22-14)23-13-4-2-12(18)3-5-13/h2-7H,8-11,18-19H2,1H3. The molecule has 0 atom stereocenters. The van der Waals surface area contributed by atoms with Crippen molar-refractivity contribution in [1.82, 2.24) is 4.90 Å². The quantitative estimate of drug-likeness (QED) is 0.845. The highest BCUT2D eigenvalue weighted by atomic mass is 32.2. The summed E-state index contributed by atoms with van der Waals surface area (Å²) < 4.78 is 5.69. The van der Waals surface area contributed by atoms with Crippen LogP contribution in [0, 0.1) is 0 Å². The highest BCUT2D eigenvalue weighted by molar-refractivity contribution is 7.99. The Morgan fingerprint density at radius 3 is 2.48 bits per heavy atom. The molecule has 0 radical (unpaired) electrons. The van der Waals surface area contributed by atoms with Gasteiger partial charge < -0.3 is 20.8 Å². The molecule has 0 unspecified atom stereocenters. The molecule has 3 rings (SSSR count). The number of nitrogens with two attached hydrogens (primary N) is 2. The van der Waals surface area contributed by atoms with Gasteiger partial charge in [0.2, 0.25) is 0 Å². The zero-order valence-electron chi connectivity index (χ0n) is 13.1. The number of anilines is 1. The highest BCUT2D eigenvalue weighted by Gasteiger charge is 2.29. The number of rotatable bonds is 3. The zero-order chi connectivity index (χ0) is 16.4. The summed E-state index contributed by atoms with van der Waals surface area (Å²) in [5.74, 6) is 0.313. The summed E-state index contributed by atoms with van der Waals surface area (Å²) in [4.78, 5) is 15.3. The average Bonchev–Trinajstić information content (AvgIpc) is 2.97. The average molecular weight is 331 g/mol. The molecule has 2 aromatic rings. The van der Waals surface area contributed by atoms with Crippen LogP contribution in [0.2, 0.25) is 0 Å². The molecular weight excluding hydrogens is 310 g/mol. The molecule has 1 aliphatic heterocycles. The van der Waals surface area contributed by atoms with Crippen molar-refractivity contribution in [3.8, 4) is 0 Å². The predicted molar refractivity (Wildman–Crippen MR) is 91.4 cm³/mol. The molecule has 5 nitrogen and oxygen atoms in total. The first-order chi connectivity index (χ1) is 10.9. The van der Waals surface area contributed by atoms with Gasteiger partial charge in [0, 0.05) is 29.2 Å². The molecule has 1 saturated heterocycles. The van der Waals surface area contributed by atoms with Gasteiger partial charge in [0.15, 0.2) is 10.9 Å². The number of hydrogen-bond acceptors (Lipinski definition) is 5. The van der Waals surface area contributed by atoms with Gasteiger partial charge in [0.1, 0.15) is 0 Å². The van der Waals surface area contributed by atoms with E-state index >= 15 is 0 Å². The smallest absolute Gasteiger partial charge is 0.289 e. The number of hydrogen-bond donors (Lipinski definition) is 2. The van der Waals surface area contributed by atoms with Gasteiger partial charge in [-0.05, 0) is 56.2 Å². The van der Waals surface area contributed by atoms with Crippen LogP contribution in [0.25, 0.3) is 0 Å². The van der Waals surface area contributed by atoms with Gasteiger partial charge in [-0.15, -0.1) is 0 Å². The molecule has 1 fully saturated rings. The Morgan fingerprint density at radius 2 is 1.83 bits per heavy atom. The highest BCUT2D eigenvalue weighted by Crippen LogP contribution is 2.30. The number of furan rings is 1. The van der Waals surface area contributed by atoms with Crippen molar-refractivity contribution in [1.29, 1.82) is 0 Å². The number of carbonyl (C=O) groups is 1. The van der Waals surface area contributed by atoms with Crippen LogP contribution in [0.1, 0.15) is 30.3 Å². The third-order valence-corrected chi connectivity index (χ3v) is 5.01. The normalized spacial score (nSPS) is 17.2. The van der Waals surface area contributed by atoms with Crippen molar-refractivity contribution in [2.45, 2.75) is 35.3 Å². The lowest BCUT2D eigenvalue weighted by Crippen LogP contribution is -2.49. The molecule has 1 aliphatic rings. The largest absolute Gasteiger partial charge is 0.444 e. The SMILES string of the molecule is CC1(N)CCN(C(=O)c2ccc(Sc3ccc(N)cc3)o2)CC1. The Kier molecular flexibility index (Phi) is 4.37. The van der Waals surface area contributed by atoms with Gasteiger partial charge in [-0.3, -0.25) is 4.79 Å². The summed E-state index contributed by atoms with van der Waals surface area (Å²) in [7, 11) is 0. The summed E-state index contributed by atoms with van der Waals surface area (Å²) in [5, 5.41) is 0.693. The lowest BCUT2D eigenvalue weighted by Gasteiger charge is -2.36. The lowest BCUT2D eigenvalue weighted by molar-refractivity contribution is 0.0643. The van der Waals surface area contributed by atoms with Crippen molar-refractivity contribution in [2.75, 3.05) is 18.8 Å². The number of piperidine rings is 1. The van der Waals surface area contributed by atoms with Crippen LogP contribution < -0.4 is 11.5 Å². The second-order valence-electron chi connectivity index (χ2n) is 6.24. The number of likely N-dealkylation sites (tertiary alicyclic amines) is 1. The van der Waals surface area contributed by atoms with Crippen LogP contribution in [-0.2, 0) is 0 Å². The van der Waals surface area contributed by atoms with E-state index in [2.05, 4.69) is 0 Å². The van der Waals surface area contributed by atoms with Crippen LogP contribution in [0.15, 0.2) is 50.8 Å². The molecule has 6 heteroatoms. The maximum absolute atomic E-state index is 12.5. The summed E-state index contributed by atoms with van der Waals surface area (Å²) in [6, 6.07) is 11.1. The number of nitrogens with zero attached hydrogens (tertiary/aromatic N) is 1. The molecule has 4 N–H and O–H groups in total. The summed E-state index contributed by atoms with van der Waals surface area (Å²) >= 11 is 1.47. The van der Waals surface area contributed by atoms with Crippen molar-refractivity contribution >= 4 is 23.4 Å². The Balaban J connectivity index is 1.64. The van der Waals surface area contributed by atoms with Gasteiger partial charge in [0.25, 0.3) is 5.91 Å². The van der Waals surface area contributed by atoms with Crippen LogP contribution >= 0.6 is 11.8 Å². The number of carbonyl (C=O) groups excluding carboxylic acids is 1. The van der Waals surface area contributed by atoms with Gasteiger partial charge in [0.05, 0.1) is 0 Å². The minimum absolute atomic E-state index is 0.0651. The van der Waals surface area contributed by atoms with E-state index in [1.165, 1.54) is 11.8 Å². The monoisotopic (exact) mass is 331 g/mol. The molecule has 0 spiro atoms. The second kappa shape index (κ2) is 6.29. The minimum atomic E-state index is -0.171. The van der Waals surface area contributed by atoms with E-state index in [9.17, 15) is 4.79 Å². The molecule has 0 bridgehead atoms. The molecule has 2 heterocycles. The first-order valence-corrected chi connectivity index (χ1v) is 8.46. The van der Waals surface area contributed by atoms with Gasteiger partial charge in [-0.2, -0.15) is 0 Å². The van der Waals surface area contributed by atoms with Gasteiger partial charge in [-0.25, -0.2) is 0 Å². The summed E-state index contributed by atoms with van der Waals surface area (Å²) in [6.45, 7) is 3.38. The number of benzene rings is 1. The third-order valence-electron chi connectivity index (χ3n) is 4.08. The molecule has 122 valence electrons. The fraction of sp³-hybridized carbons (Fsp3) is 0.353. The zero-order valence-corrected chi connectivity index (χ0v) is 13.9. The second-order valence-corrected chi connectivity index (χ2v) is 7.31. The van der Waals surface area contributed by atoms with Crippen LogP contribution in [0.3, 0.4) is 0 Å². The molecule has 1 aromatic heterocycles. The van der Waals surface area contributed by atoms with E-state index in [0.29, 0.717) is 23.9 Å². The fourth-order valence-electron chi connectivity index (χ4n) is 2.52. The minimum Gasteiger partial charge on any atom is -0.444 e. The Bertz CT molecular complexity index is 684. The van der Waals surface area contributed by atoms with E-state index in [1.807, 2.05) is 42.2 Å². The molecule has 0 saturated carbocycles. The molecule has 1 aromatic carbocycles. The van der Waals surface area contributed by atoms with Gasteiger partial charge in [-0.1, -0.05) is 11.8 Å². The predicted octanol–water partition coefficient (Wildman–Crippen LogP) is 2.97. The molecule has 23 heavy (non-hydrogen) atoms. The van der Waals surface area contributed by atoms with E-state index in [0.717, 1.165) is 23.4 Å². The Morgan fingerprint density at radius 1 is 1.17 bits per heavy atom. The van der Waals surface area contributed by atoms with Crippen molar-refractivity contribution < 1.29 is 9.21 Å². The number of nitrogen functional groups attached to an aromatic ring is 1. The maximum Gasteiger partial charge on any atom is 0.289 e. The summed E-state index contributed by atoms with van der Waals surface area (Å²) in [6.07, 6.45) is 1.62. The van der Waals surface area contributed by atoms with Crippen molar-refractivity contribution in [3.63, 3.8) is 0 Å².